The number of alkyl halides is 3. The zero-order valence-electron chi connectivity index (χ0n) is 18.5. The lowest BCUT2D eigenvalue weighted by atomic mass is 9.51. The molecule has 2 bridgehead atoms. The molecule has 0 saturated carbocycles. The summed E-state index contributed by atoms with van der Waals surface area (Å²) in [4.78, 5) is 14.5. The van der Waals surface area contributed by atoms with Gasteiger partial charge in [-0.05, 0) is 62.3 Å². The van der Waals surface area contributed by atoms with Crippen LogP contribution >= 0.6 is 0 Å². The summed E-state index contributed by atoms with van der Waals surface area (Å²) in [6.07, 6.45) is 0.535. The summed E-state index contributed by atoms with van der Waals surface area (Å²) < 4.78 is 70.8. The Bertz CT molecular complexity index is 997. The molecule has 10 heteroatoms. The van der Waals surface area contributed by atoms with Crippen LogP contribution in [0.5, 0.6) is 5.75 Å². The third-order valence-corrected chi connectivity index (χ3v) is 7.66. The summed E-state index contributed by atoms with van der Waals surface area (Å²) in [6, 6.07) is 3.95. The molecule has 6 nitrogen and oxygen atoms in total. The summed E-state index contributed by atoms with van der Waals surface area (Å²) in [7, 11) is -5.76. The van der Waals surface area contributed by atoms with Crippen molar-refractivity contribution >= 4 is 16.2 Å². The van der Waals surface area contributed by atoms with E-state index in [-0.39, 0.29) is 16.9 Å². The fourth-order valence-corrected chi connectivity index (χ4v) is 5.13. The fraction of sp³-hybridized carbons (Fsp3) is 0.667. The van der Waals surface area contributed by atoms with Gasteiger partial charge in [0.15, 0.2) is 0 Å². The highest BCUT2D eigenvalue weighted by atomic mass is 32.2. The van der Waals surface area contributed by atoms with E-state index in [1.54, 1.807) is 31.7 Å². The second kappa shape index (κ2) is 7.02. The van der Waals surface area contributed by atoms with Crippen molar-refractivity contribution in [3.05, 3.63) is 29.3 Å². The summed E-state index contributed by atoms with van der Waals surface area (Å²) in [5.41, 5.74) is -5.31. The molecule has 1 heterocycles. The SMILES string of the molecule is CC(C)(C)OC(=O)N1CCC2(C)c3ccc(OS(=O)(=O)C(F)(F)F)cc3CC1C2(C)C. The van der Waals surface area contributed by atoms with Gasteiger partial charge in [0.05, 0.1) is 0 Å². The maximum atomic E-state index is 12.9. The minimum absolute atomic E-state index is 0.275. The van der Waals surface area contributed by atoms with Crippen LogP contribution in [-0.2, 0) is 26.7 Å². The van der Waals surface area contributed by atoms with Gasteiger partial charge in [0.25, 0.3) is 0 Å². The number of amides is 1. The highest BCUT2D eigenvalue weighted by Gasteiger charge is 2.57. The quantitative estimate of drug-likeness (QED) is 0.467. The zero-order chi connectivity index (χ0) is 23.6. The Labute approximate surface area is 180 Å². The van der Waals surface area contributed by atoms with Gasteiger partial charge >= 0.3 is 21.7 Å². The molecule has 0 aromatic heterocycles. The predicted octanol–water partition coefficient (Wildman–Crippen LogP) is 4.76. The smallest absolute Gasteiger partial charge is 0.444 e. The first kappa shape index (κ1) is 23.7. The molecule has 2 aliphatic rings. The number of halogens is 3. The van der Waals surface area contributed by atoms with Gasteiger partial charge in [-0.25, -0.2) is 4.79 Å². The monoisotopic (exact) mass is 463 g/mol. The van der Waals surface area contributed by atoms with Crippen LogP contribution in [0.3, 0.4) is 0 Å². The van der Waals surface area contributed by atoms with Crippen LogP contribution in [0, 0.1) is 5.41 Å². The molecule has 1 fully saturated rings. The Morgan fingerprint density at radius 3 is 2.32 bits per heavy atom. The van der Waals surface area contributed by atoms with E-state index in [4.69, 9.17) is 4.74 Å². The third kappa shape index (κ3) is 3.99. The van der Waals surface area contributed by atoms with Gasteiger partial charge in [0.1, 0.15) is 11.4 Å². The summed E-state index contributed by atoms with van der Waals surface area (Å²) in [5, 5.41) is 0. The van der Waals surface area contributed by atoms with E-state index in [2.05, 4.69) is 25.0 Å². The van der Waals surface area contributed by atoms with Gasteiger partial charge in [-0.3, -0.25) is 0 Å². The van der Waals surface area contributed by atoms with E-state index in [1.807, 2.05) is 0 Å². The number of fused-ring (bicyclic) bond motifs is 4. The van der Waals surface area contributed by atoms with Crippen molar-refractivity contribution in [2.75, 3.05) is 6.54 Å². The normalized spacial score (nSPS) is 25.6. The molecule has 1 aromatic carbocycles. The average Bonchev–Trinajstić information content (AvgIpc) is 2.55. The second-order valence-electron chi connectivity index (χ2n) is 10.00. The molecule has 1 saturated heterocycles. The standard InChI is InChI=1S/C21H28F3NO5S/c1-18(2,3)29-17(26)25-10-9-20(6)15-8-7-14(30-31(27,28)21(22,23)24)11-13(15)12-16(25)19(20,4)5/h7-8,11,16H,9-10,12H2,1-6H3. The Kier molecular flexibility index (Phi) is 5.36. The lowest BCUT2D eigenvalue weighted by molar-refractivity contribution is -0.0526. The molecule has 31 heavy (non-hydrogen) atoms. The Morgan fingerprint density at radius 1 is 1.16 bits per heavy atom. The van der Waals surface area contributed by atoms with E-state index in [9.17, 15) is 26.4 Å². The first-order chi connectivity index (χ1) is 13.9. The first-order valence-electron chi connectivity index (χ1n) is 10.0. The predicted molar refractivity (Wildman–Crippen MR) is 108 cm³/mol. The maximum absolute atomic E-state index is 12.9. The summed E-state index contributed by atoms with van der Waals surface area (Å²) >= 11 is 0. The zero-order valence-corrected chi connectivity index (χ0v) is 19.3. The van der Waals surface area contributed by atoms with Crippen LogP contribution in [-0.4, -0.2) is 43.1 Å². The lowest BCUT2D eigenvalue weighted by Crippen LogP contribution is -2.65. The van der Waals surface area contributed by atoms with Crippen LogP contribution in [0.25, 0.3) is 0 Å². The van der Waals surface area contributed by atoms with Crippen molar-refractivity contribution in [3.8, 4) is 5.75 Å². The summed E-state index contributed by atoms with van der Waals surface area (Å²) in [6.45, 7) is 12.0. The number of benzene rings is 1. The van der Waals surface area contributed by atoms with Crippen LogP contribution in [0.2, 0.25) is 0 Å². The molecular weight excluding hydrogens is 435 g/mol. The maximum Gasteiger partial charge on any atom is 0.534 e. The van der Waals surface area contributed by atoms with Gasteiger partial charge in [-0.15, -0.1) is 0 Å². The Hall–Kier alpha value is -1.97. The number of hydrogen-bond acceptors (Lipinski definition) is 5. The molecule has 0 spiro atoms. The molecule has 2 unspecified atom stereocenters. The first-order valence-corrected chi connectivity index (χ1v) is 11.4. The van der Waals surface area contributed by atoms with Crippen molar-refractivity contribution in [1.82, 2.24) is 4.90 Å². The third-order valence-electron chi connectivity index (χ3n) is 6.69. The Morgan fingerprint density at radius 2 is 1.77 bits per heavy atom. The topological polar surface area (TPSA) is 72.9 Å². The van der Waals surface area contributed by atoms with Crippen LogP contribution in [0.15, 0.2) is 18.2 Å². The average molecular weight is 464 g/mol. The van der Waals surface area contributed by atoms with E-state index < -0.39 is 33.1 Å². The number of piperidine rings is 1. The Balaban J connectivity index is 2.00. The highest BCUT2D eigenvalue weighted by molar-refractivity contribution is 7.88. The molecule has 0 N–H and O–H groups in total. The van der Waals surface area contributed by atoms with Crippen molar-refractivity contribution in [3.63, 3.8) is 0 Å². The molecule has 2 atom stereocenters. The number of carbonyl (C=O) groups excluding carboxylic acids is 1. The van der Waals surface area contributed by atoms with Gasteiger partial charge < -0.3 is 13.8 Å². The molecule has 1 aliphatic carbocycles. The van der Waals surface area contributed by atoms with Gasteiger partial charge in [-0.2, -0.15) is 21.6 Å². The van der Waals surface area contributed by atoms with E-state index in [1.165, 1.54) is 12.1 Å². The molecule has 1 amide bonds. The van der Waals surface area contributed by atoms with Gasteiger partial charge in [0.2, 0.25) is 0 Å². The van der Waals surface area contributed by atoms with Crippen LogP contribution < -0.4 is 4.18 Å². The second-order valence-corrected chi connectivity index (χ2v) is 11.5. The number of ether oxygens (including phenoxy) is 1. The number of likely N-dealkylation sites (tertiary alicyclic amines) is 1. The molecule has 3 rings (SSSR count). The van der Waals surface area contributed by atoms with Crippen molar-refractivity contribution in [2.24, 2.45) is 5.41 Å². The molecule has 1 aromatic rings. The van der Waals surface area contributed by atoms with Gasteiger partial charge in [0, 0.05) is 18.0 Å². The van der Waals surface area contributed by atoms with E-state index in [0.717, 1.165) is 5.56 Å². The van der Waals surface area contributed by atoms with Crippen molar-refractivity contribution in [1.29, 1.82) is 0 Å². The van der Waals surface area contributed by atoms with E-state index in [0.29, 0.717) is 24.9 Å². The summed E-state index contributed by atoms with van der Waals surface area (Å²) in [5.74, 6) is -0.402. The molecule has 1 aliphatic heterocycles. The minimum atomic E-state index is -5.76. The lowest BCUT2D eigenvalue weighted by Gasteiger charge is -2.60. The molecule has 0 radical (unpaired) electrons. The highest BCUT2D eigenvalue weighted by Crippen LogP contribution is 2.56. The number of carbonyl (C=O) groups is 1. The number of rotatable bonds is 2. The fourth-order valence-electron chi connectivity index (χ4n) is 4.68. The van der Waals surface area contributed by atoms with Crippen molar-refractivity contribution < 1.29 is 35.3 Å². The van der Waals surface area contributed by atoms with Gasteiger partial charge in [-0.1, -0.05) is 26.8 Å². The number of hydrogen-bond donors (Lipinski definition) is 0. The van der Waals surface area contributed by atoms with Crippen LogP contribution in [0.1, 0.15) is 59.1 Å². The van der Waals surface area contributed by atoms with E-state index >= 15 is 0 Å². The molecule has 174 valence electrons. The van der Waals surface area contributed by atoms with Crippen LogP contribution in [0.4, 0.5) is 18.0 Å². The van der Waals surface area contributed by atoms with Crippen molar-refractivity contribution in [2.45, 2.75) is 77.0 Å². The largest absolute Gasteiger partial charge is 0.534 e. The minimum Gasteiger partial charge on any atom is -0.444 e. The number of nitrogens with zero attached hydrogens (tertiary/aromatic N) is 1. The molecular formula is C21H28F3NO5S.